The van der Waals surface area contributed by atoms with Gasteiger partial charge in [0.2, 0.25) is 0 Å². The molecule has 2 aromatic rings. The van der Waals surface area contributed by atoms with Crippen LogP contribution in [0.15, 0.2) is 58.3 Å². The van der Waals surface area contributed by atoms with Gasteiger partial charge < -0.3 is 10.1 Å². The van der Waals surface area contributed by atoms with Gasteiger partial charge in [0.1, 0.15) is 12.4 Å². The van der Waals surface area contributed by atoms with Crippen LogP contribution in [0.1, 0.15) is 19.4 Å². The highest BCUT2D eigenvalue weighted by molar-refractivity contribution is 7.99. The fourth-order valence-electron chi connectivity index (χ4n) is 2.83. The van der Waals surface area contributed by atoms with Crippen LogP contribution in [0.2, 0.25) is 0 Å². The number of benzene rings is 2. The van der Waals surface area contributed by atoms with Crippen LogP contribution in [0.4, 0.5) is 0 Å². The number of ether oxygens (including phenoxy) is 1. The number of para-hydroxylation sites is 1. The largest absolute Gasteiger partial charge is 0.491 e. The van der Waals surface area contributed by atoms with Gasteiger partial charge in [0, 0.05) is 21.3 Å². The average Bonchev–Trinajstić information content (AvgIpc) is 2.87. The third kappa shape index (κ3) is 5.44. The number of fused-ring (bicyclic) bond motifs is 1. The van der Waals surface area contributed by atoms with Crippen LogP contribution in [-0.2, 0) is 6.42 Å². The van der Waals surface area contributed by atoms with Crippen molar-refractivity contribution in [1.82, 2.24) is 5.32 Å². The maximum Gasteiger partial charge on any atom is 0.132 e. The molecule has 0 aliphatic carbocycles. The second-order valence-electron chi connectivity index (χ2n) is 6.55. The molecule has 0 spiro atoms. The van der Waals surface area contributed by atoms with Crippen molar-refractivity contribution >= 4 is 23.5 Å². The van der Waals surface area contributed by atoms with Crippen LogP contribution in [0, 0.1) is 5.92 Å². The summed E-state index contributed by atoms with van der Waals surface area (Å²) in [7, 11) is 0. The fourth-order valence-corrected chi connectivity index (χ4v) is 5.02. The summed E-state index contributed by atoms with van der Waals surface area (Å²) in [5, 5.41) is 3.70. The zero-order valence-electron chi connectivity index (χ0n) is 15.0. The summed E-state index contributed by atoms with van der Waals surface area (Å²) in [5.74, 6) is 3.86. The van der Waals surface area contributed by atoms with Crippen molar-refractivity contribution < 1.29 is 4.74 Å². The number of hydrogen-bond donors (Lipinski definition) is 1. The maximum atomic E-state index is 5.96. The Morgan fingerprint density at radius 3 is 2.88 bits per heavy atom. The molecule has 0 fully saturated rings. The number of nitrogens with one attached hydrogen (secondary N) is 1. The van der Waals surface area contributed by atoms with E-state index in [9.17, 15) is 0 Å². The lowest BCUT2D eigenvalue weighted by molar-refractivity contribution is 0.270. The molecule has 3 rings (SSSR count). The number of rotatable bonds is 7. The number of hydrogen-bond acceptors (Lipinski definition) is 4. The topological polar surface area (TPSA) is 21.3 Å². The van der Waals surface area contributed by atoms with Gasteiger partial charge in [-0.25, -0.2) is 0 Å². The van der Waals surface area contributed by atoms with E-state index < -0.39 is 0 Å². The molecule has 0 saturated carbocycles. The van der Waals surface area contributed by atoms with Gasteiger partial charge in [0.15, 0.2) is 0 Å². The number of aryl methyl sites for hydroxylation is 1. The zero-order chi connectivity index (χ0) is 17.5. The van der Waals surface area contributed by atoms with Crippen molar-refractivity contribution in [3.63, 3.8) is 0 Å². The monoisotopic (exact) mass is 373 g/mol. The molecule has 0 radical (unpaired) electrons. The minimum atomic E-state index is 0.410. The van der Waals surface area contributed by atoms with Crippen LogP contribution in [0.5, 0.6) is 5.75 Å². The van der Waals surface area contributed by atoms with E-state index in [0.29, 0.717) is 12.0 Å². The van der Waals surface area contributed by atoms with Crippen LogP contribution in [0.3, 0.4) is 0 Å². The van der Waals surface area contributed by atoms with E-state index in [4.69, 9.17) is 4.74 Å². The molecule has 134 valence electrons. The molecule has 0 bridgehead atoms. The predicted octanol–water partition coefficient (Wildman–Crippen LogP) is 5.12. The van der Waals surface area contributed by atoms with Crippen molar-refractivity contribution in [2.24, 2.45) is 5.92 Å². The van der Waals surface area contributed by atoms with Gasteiger partial charge >= 0.3 is 0 Å². The summed E-state index contributed by atoms with van der Waals surface area (Å²) in [6.07, 6.45) is 1.10. The predicted molar refractivity (Wildman–Crippen MR) is 110 cm³/mol. The van der Waals surface area contributed by atoms with E-state index in [1.54, 1.807) is 0 Å². The van der Waals surface area contributed by atoms with Gasteiger partial charge in [-0.1, -0.05) is 44.2 Å². The molecule has 1 aliphatic heterocycles. The summed E-state index contributed by atoms with van der Waals surface area (Å²) in [6.45, 7) is 6.34. The lowest BCUT2D eigenvalue weighted by Gasteiger charge is -2.19. The zero-order valence-corrected chi connectivity index (χ0v) is 16.7. The summed E-state index contributed by atoms with van der Waals surface area (Å²) >= 11 is 3.88. The molecule has 0 saturated heterocycles. The fraction of sp³-hybridized carbons (Fsp3) is 0.429. The Bertz CT molecular complexity index is 649. The van der Waals surface area contributed by atoms with Crippen molar-refractivity contribution in [1.29, 1.82) is 0 Å². The van der Waals surface area contributed by atoms with Crippen molar-refractivity contribution in [2.45, 2.75) is 36.1 Å². The minimum absolute atomic E-state index is 0.410. The highest BCUT2D eigenvalue weighted by Gasteiger charge is 2.17. The highest BCUT2D eigenvalue weighted by Crippen LogP contribution is 2.32. The van der Waals surface area contributed by atoms with E-state index in [-0.39, 0.29) is 0 Å². The standard InChI is InChI=1S/C21H27NOS2/c1-3-17-8-4-6-10-20(17)24-14-16(2)12-22-18-13-23-19-9-5-7-11-21(19)25-15-18/h4-11,16,18,22H,3,12-15H2,1-2H3. The third-order valence-electron chi connectivity index (χ3n) is 4.36. The Morgan fingerprint density at radius 1 is 1.20 bits per heavy atom. The van der Waals surface area contributed by atoms with E-state index in [0.717, 1.165) is 36.8 Å². The van der Waals surface area contributed by atoms with Crippen LogP contribution in [-0.4, -0.2) is 30.7 Å². The lowest BCUT2D eigenvalue weighted by atomic mass is 10.2. The Balaban J connectivity index is 1.43. The average molecular weight is 374 g/mol. The van der Waals surface area contributed by atoms with Crippen LogP contribution < -0.4 is 10.1 Å². The third-order valence-corrected chi connectivity index (χ3v) is 7.02. The quantitative estimate of drug-likeness (QED) is 0.680. The Kier molecular flexibility index (Phi) is 7.14. The SMILES string of the molecule is CCc1ccccc1SCC(C)CNC1COc2ccccc2SC1. The second-order valence-corrected chi connectivity index (χ2v) is 8.68. The van der Waals surface area contributed by atoms with Crippen LogP contribution in [0.25, 0.3) is 0 Å². The van der Waals surface area contributed by atoms with Gasteiger partial charge in [0.05, 0.1) is 6.04 Å². The first-order valence-corrected chi connectivity index (χ1v) is 11.0. The minimum Gasteiger partial charge on any atom is -0.491 e. The molecule has 0 aromatic heterocycles. The Labute approximate surface area is 160 Å². The smallest absolute Gasteiger partial charge is 0.132 e. The molecular formula is C21H27NOS2. The van der Waals surface area contributed by atoms with E-state index >= 15 is 0 Å². The second kappa shape index (κ2) is 9.56. The first-order chi connectivity index (χ1) is 12.3. The molecule has 0 amide bonds. The first-order valence-electron chi connectivity index (χ1n) is 9.05. The highest BCUT2D eigenvalue weighted by atomic mass is 32.2. The molecule has 25 heavy (non-hydrogen) atoms. The lowest BCUT2D eigenvalue weighted by Crippen LogP contribution is -2.39. The van der Waals surface area contributed by atoms with Crippen molar-refractivity contribution in [3.8, 4) is 5.75 Å². The van der Waals surface area contributed by atoms with Gasteiger partial charge in [0.25, 0.3) is 0 Å². The van der Waals surface area contributed by atoms with E-state index in [2.05, 4.69) is 61.6 Å². The molecular weight excluding hydrogens is 346 g/mol. The van der Waals surface area contributed by atoms with Gasteiger partial charge in [-0.15, -0.1) is 23.5 Å². The molecule has 2 atom stereocenters. The first kappa shape index (κ1) is 18.7. The van der Waals surface area contributed by atoms with Gasteiger partial charge in [-0.2, -0.15) is 0 Å². The molecule has 4 heteroatoms. The normalized spacial score (nSPS) is 18.1. The Morgan fingerprint density at radius 2 is 2.00 bits per heavy atom. The van der Waals surface area contributed by atoms with Gasteiger partial charge in [-0.05, 0) is 42.6 Å². The van der Waals surface area contributed by atoms with Crippen molar-refractivity contribution in [3.05, 3.63) is 54.1 Å². The molecule has 1 heterocycles. The summed E-state index contributed by atoms with van der Waals surface area (Å²) in [6, 6.07) is 17.5. The molecule has 2 aromatic carbocycles. The van der Waals surface area contributed by atoms with Crippen molar-refractivity contribution in [2.75, 3.05) is 24.7 Å². The summed E-state index contributed by atoms with van der Waals surface area (Å²) in [5.41, 5.74) is 1.46. The molecule has 1 N–H and O–H groups in total. The Hall–Kier alpha value is -1.10. The van der Waals surface area contributed by atoms with Gasteiger partial charge in [-0.3, -0.25) is 0 Å². The molecule has 2 unspecified atom stereocenters. The number of thioether (sulfide) groups is 2. The maximum absolute atomic E-state index is 5.96. The molecule has 2 nitrogen and oxygen atoms in total. The summed E-state index contributed by atoms with van der Waals surface area (Å²) in [4.78, 5) is 2.69. The van der Waals surface area contributed by atoms with Crippen LogP contribution >= 0.6 is 23.5 Å². The van der Waals surface area contributed by atoms with E-state index in [1.807, 2.05) is 29.6 Å². The summed E-state index contributed by atoms with van der Waals surface area (Å²) < 4.78 is 5.96. The van der Waals surface area contributed by atoms with E-state index in [1.165, 1.54) is 15.4 Å². The molecule has 1 aliphatic rings.